The molecule has 1 aliphatic heterocycles. The number of carbonyl (C=O) groups is 3. The van der Waals surface area contributed by atoms with Crippen molar-refractivity contribution >= 4 is 29.5 Å². The summed E-state index contributed by atoms with van der Waals surface area (Å²) in [4.78, 5) is 37.7. The molecule has 0 spiro atoms. The van der Waals surface area contributed by atoms with Crippen molar-refractivity contribution in [1.82, 2.24) is 4.90 Å². The van der Waals surface area contributed by atoms with E-state index >= 15 is 0 Å². The molecular formula is C22H22N2O4. The molecule has 0 atom stereocenters. The molecule has 1 saturated heterocycles. The lowest BCUT2D eigenvalue weighted by Gasteiger charge is -2.15. The third-order valence-electron chi connectivity index (χ3n) is 4.55. The van der Waals surface area contributed by atoms with E-state index < -0.39 is 5.97 Å². The highest BCUT2D eigenvalue weighted by Gasteiger charge is 2.19. The molecule has 0 radical (unpaired) electrons. The van der Waals surface area contributed by atoms with Crippen LogP contribution >= 0.6 is 0 Å². The highest BCUT2D eigenvalue weighted by Crippen LogP contribution is 2.15. The Morgan fingerprint density at radius 3 is 2.14 bits per heavy atom. The lowest BCUT2D eigenvalue weighted by atomic mass is 10.1. The van der Waals surface area contributed by atoms with Crippen molar-refractivity contribution in [2.75, 3.05) is 25.5 Å². The fourth-order valence-corrected chi connectivity index (χ4v) is 3.00. The maximum Gasteiger partial charge on any atom is 0.337 e. The van der Waals surface area contributed by atoms with Crippen LogP contribution < -0.4 is 5.32 Å². The van der Waals surface area contributed by atoms with Crippen molar-refractivity contribution in [1.29, 1.82) is 0 Å². The Bertz CT molecular complexity index is 880. The van der Waals surface area contributed by atoms with Gasteiger partial charge in [0.05, 0.1) is 12.7 Å². The minimum Gasteiger partial charge on any atom is -0.465 e. The summed E-state index contributed by atoms with van der Waals surface area (Å²) in [6.07, 6.45) is 5.17. The van der Waals surface area contributed by atoms with Gasteiger partial charge in [-0.1, -0.05) is 12.1 Å². The zero-order valence-corrected chi connectivity index (χ0v) is 15.7. The first kappa shape index (κ1) is 19.4. The molecule has 2 aromatic rings. The Labute approximate surface area is 163 Å². The predicted octanol–water partition coefficient (Wildman–Crippen LogP) is 3.36. The van der Waals surface area contributed by atoms with Crippen LogP contribution in [0.5, 0.6) is 0 Å². The molecule has 0 aliphatic carbocycles. The zero-order valence-electron chi connectivity index (χ0n) is 15.7. The van der Waals surface area contributed by atoms with Gasteiger partial charge in [-0.3, -0.25) is 9.59 Å². The van der Waals surface area contributed by atoms with E-state index in [2.05, 4.69) is 10.1 Å². The van der Waals surface area contributed by atoms with Gasteiger partial charge >= 0.3 is 5.97 Å². The molecule has 1 fully saturated rings. The van der Waals surface area contributed by atoms with Crippen LogP contribution in [0.15, 0.2) is 54.6 Å². The first-order valence-corrected chi connectivity index (χ1v) is 9.13. The van der Waals surface area contributed by atoms with Gasteiger partial charge in [-0.2, -0.15) is 0 Å². The summed E-state index contributed by atoms with van der Waals surface area (Å²) in [5.74, 6) is -0.652. The third-order valence-corrected chi connectivity index (χ3v) is 4.55. The van der Waals surface area contributed by atoms with Crippen LogP contribution in [0.2, 0.25) is 0 Å². The molecule has 0 aromatic heterocycles. The van der Waals surface area contributed by atoms with E-state index in [0.29, 0.717) is 16.8 Å². The Balaban J connectivity index is 1.56. The molecule has 144 valence electrons. The van der Waals surface area contributed by atoms with Gasteiger partial charge in [-0.15, -0.1) is 0 Å². The van der Waals surface area contributed by atoms with E-state index in [1.165, 1.54) is 13.2 Å². The number of rotatable bonds is 5. The summed E-state index contributed by atoms with van der Waals surface area (Å²) in [5, 5.41) is 2.76. The van der Waals surface area contributed by atoms with Crippen LogP contribution in [-0.4, -0.2) is 42.9 Å². The number of hydrogen-bond acceptors (Lipinski definition) is 4. The second-order valence-corrected chi connectivity index (χ2v) is 6.51. The smallest absolute Gasteiger partial charge is 0.337 e. The Kier molecular flexibility index (Phi) is 6.22. The van der Waals surface area contributed by atoms with Gasteiger partial charge in [-0.05, 0) is 60.9 Å². The molecule has 6 nitrogen and oxygen atoms in total. The Hall–Kier alpha value is -3.41. The number of ether oxygens (including phenoxy) is 1. The first-order valence-electron chi connectivity index (χ1n) is 9.13. The van der Waals surface area contributed by atoms with Gasteiger partial charge in [0.2, 0.25) is 5.91 Å². The number of amides is 2. The van der Waals surface area contributed by atoms with E-state index in [0.717, 1.165) is 31.5 Å². The number of methoxy groups -OCH3 is 1. The summed E-state index contributed by atoms with van der Waals surface area (Å²) in [7, 11) is 1.33. The minimum absolute atomic E-state index is 0.0330. The van der Waals surface area contributed by atoms with Crippen LogP contribution in [0.1, 0.15) is 39.1 Å². The molecule has 0 unspecified atom stereocenters. The van der Waals surface area contributed by atoms with E-state index in [4.69, 9.17) is 0 Å². The van der Waals surface area contributed by atoms with Crippen LogP contribution in [0.25, 0.3) is 6.08 Å². The molecule has 2 aromatic carbocycles. The van der Waals surface area contributed by atoms with Crippen molar-refractivity contribution in [3.05, 3.63) is 71.3 Å². The first-order chi connectivity index (χ1) is 13.6. The summed E-state index contributed by atoms with van der Waals surface area (Å²) < 4.78 is 4.65. The van der Waals surface area contributed by atoms with Crippen molar-refractivity contribution in [2.24, 2.45) is 0 Å². The molecule has 2 amide bonds. The number of anilines is 1. The number of esters is 1. The van der Waals surface area contributed by atoms with E-state index in [1.807, 2.05) is 4.90 Å². The number of likely N-dealkylation sites (tertiary alicyclic amines) is 1. The van der Waals surface area contributed by atoms with E-state index in [1.54, 1.807) is 54.6 Å². The van der Waals surface area contributed by atoms with Crippen LogP contribution in [0.3, 0.4) is 0 Å². The second kappa shape index (κ2) is 8.99. The van der Waals surface area contributed by atoms with Gasteiger partial charge in [0.15, 0.2) is 0 Å². The standard InChI is InChI=1S/C22H22N2O4/c1-28-22(27)18-7-4-16(5-8-18)6-13-20(25)23-19-11-9-17(10-12-19)21(26)24-14-2-3-15-24/h4-13H,2-3,14-15H2,1H3,(H,23,25)/b13-6+. The van der Waals surface area contributed by atoms with Crippen molar-refractivity contribution in [2.45, 2.75) is 12.8 Å². The maximum absolute atomic E-state index is 12.3. The molecular weight excluding hydrogens is 356 g/mol. The van der Waals surface area contributed by atoms with Gasteiger partial charge in [0.1, 0.15) is 0 Å². The highest BCUT2D eigenvalue weighted by atomic mass is 16.5. The van der Waals surface area contributed by atoms with E-state index in [9.17, 15) is 14.4 Å². The molecule has 1 N–H and O–H groups in total. The summed E-state index contributed by atoms with van der Waals surface area (Å²) in [6, 6.07) is 13.6. The van der Waals surface area contributed by atoms with Crippen LogP contribution in [-0.2, 0) is 9.53 Å². The lowest BCUT2D eigenvalue weighted by Crippen LogP contribution is -2.27. The highest BCUT2D eigenvalue weighted by molar-refractivity contribution is 6.02. The van der Waals surface area contributed by atoms with E-state index in [-0.39, 0.29) is 11.8 Å². The van der Waals surface area contributed by atoms with Gasteiger partial charge in [-0.25, -0.2) is 4.79 Å². The topological polar surface area (TPSA) is 75.7 Å². The normalized spacial score (nSPS) is 13.5. The number of carbonyl (C=O) groups excluding carboxylic acids is 3. The Morgan fingerprint density at radius 1 is 0.929 bits per heavy atom. The average molecular weight is 378 g/mol. The van der Waals surface area contributed by atoms with Crippen molar-refractivity contribution in [3.8, 4) is 0 Å². The summed E-state index contributed by atoms with van der Waals surface area (Å²) in [5.41, 5.74) is 2.48. The van der Waals surface area contributed by atoms with Gasteiger partial charge in [0, 0.05) is 30.4 Å². The van der Waals surface area contributed by atoms with Crippen molar-refractivity contribution in [3.63, 3.8) is 0 Å². The summed E-state index contributed by atoms with van der Waals surface area (Å²) in [6.45, 7) is 1.62. The number of nitrogens with zero attached hydrogens (tertiary/aromatic N) is 1. The predicted molar refractivity (Wildman–Crippen MR) is 107 cm³/mol. The molecule has 6 heteroatoms. The van der Waals surface area contributed by atoms with Gasteiger partial charge < -0.3 is 15.0 Å². The molecule has 0 bridgehead atoms. The number of hydrogen-bond donors (Lipinski definition) is 1. The monoisotopic (exact) mass is 378 g/mol. The largest absolute Gasteiger partial charge is 0.465 e. The minimum atomic E-state index is -0.403. The second-order valence-electron chi connectivity index (χ2n) is 6.51. The maximum atomic E-state index is 12.3. The molecule has 0 saturated carbocycles. The third kappa shape index (κ3) is 4.85. The van der Waals surface area contributed by atoms with Crippen molar-refractivity contribution < 1.29 is 19.1 Å². The molecule has 1 aliphatic rings. The fraction of sp³-hybridized carbons (Fsp3) is 0.227. The fourth-order valence-electron chi connectivity index (χ4n) is 3.00. The van der Waals surface area contributed by atoms with Gasteiger partial charge in [0.25, 0.3) is 5.91 Å². The lowest BCUT2D eigenvalue weighted by molar-refractivity contribution is -0.111. The Morgan fingerprint density at radius 2 is 1.54 bits per heavy atom. The molecule has 3 rings (SSSR count). The molecule has 1 heterocycles. The summed E-state index contributed by atoms with van der Waals surface area (Å²) >= 11 is 0. The number of benzene rings is 2. The molecule has 28 heavy (non-hydrogen) atoms. The van der Waals surface area contributed by atoms with Crippen LogP contribution in [0, 0.1) is 0 Å². The SMILES string of the molecule is COC(=O)c1ccc(/C=C/C(=O)Nc2ccc(C(=O)N3CCCC3)cc2)cc1. The number of nitrogens with one attached hydrogen (secondary N) is 1. The zero-order chi connectivity index (χ0) is 19.9. The quantitative estimate of drug-likeness (QED) is 0.639. The average Bonchev–Trinajstić information content (AvgIpc) is 3.27. The van der Waals surface area contributed by atoms with Crippen LogP contribution in [0.4, 0.5) is 5.69 Å².